The Balaban J connectivity index is 3.07. The molecule has 0 bridgehead atoms. The van der Waals surface area contributed by atoms with E-state index in [1.807, 2.05) is 32.3 Å². The van der Waals surface area contributed by atoms with Gasteiger partial charge in [0, 0.05) is 11.4 Å². The van der Waals surface area contributed by atoms with Crippen LogP contribution in [-0.2, 0) is 0 Å². The van der Waals surface area contributed by atoms with Crippen LogP contribution in [0.4, 0.5) is 0 Å². The van der Waals surface area contributed by atoms with Crippen LogP contribution in [0.3, 0.4) is 0 Å². The first-order valence-corrected chi connectivity index (χ1v) is 4.26. The minimum Gasteiger partial charge on any atom is -0.399 e. The van der Waals surface area contributed by atoms with E-state index in [1.54, 1.807) is 6.08 Å². The van der Waals surface area contributed by atoms with Gasteiger partial charge in [0.25, 0.3) is 0 Å². The molecule has 0 aliphatic heterocycles. The summed E-state index contributed by atoms with van der Waals surface area (Å²) < 4.78 is 0. The maximum Gasteiger partial charge on any atom is 0.0568 e. The third-order valence-corrected chi connectivity index (χ3v) is 2.37. The fraction of sp³-hybridized carbons (Fsp3) is 0.400. The fourth-order valence-electron chi connectivity index (χ4n) is 1.21. The van der Waals surface area contributed by atoms with Gasteiger partial charge in [-0.3, -0.25) is 4.90 Å². The van der Waals surface area contributed by atoms with Gasteiger partial charge in [-0.25, -0.2) is 0 Å². The van der Waals surface area contributed by atoms with Crippen molar-refractivity contribution in [1.29, 1.82) is 0 Å². The Morgan fingerprint density at radius 2 is 1.85 bits per heavy atom. The molecule has 0 aromatic carbocycles. The minimum atomic E-state index is -0.151. The number of allylic oxidation sites excluding steroid dienone is 2. The summed E-state index contributed by atoms with van der Waals surface area (Å²) in [7, 11) is 4.02. The van der Waals surface area contributed by atoms with E-state index >= 15 is 0 Å². The Bertz CT molecular complexity index is 287. The van der Waals surface area contributed by atoms with Crippen LogP contribution in [0, 0.1) is 0 Å². The summed E-state index contributed by atoms with van der Waals surface area (Å²) in [4.78, 5) is 2.09. The highest BCUT2D eigenvalue weighted by Gasteiger charge is 2.21. The van der Waals surface area contributed by atoms with Crippen molar-refractivity contribution in [3.8, 4) is 0 Å². The van der Waals surface area contributed by atoms with Gasteiger partial charge < -0.3 is 11.5 Å². The lowest BCUT2D eigenvalue weighted by Crippen LogP contribution is -2.37. The summed E-state index contributed by atoms with van der Waals surface area (Å²) in [6.07, 6.45) is 7.68. The molecule has 13 heavy (non-hydrogen) atoms. The lowest BCUT2D eigenvalue weighted by Gasteiger charge is -2.30. The molecule has 3 heteroatoms. The molecule has 4 N–H and O–H groups in total. The summed E-state index contributed by atoms with van der Waals surface area (Å²) >= 11 is 0. The van der Waals surface area contributed by atoms with Crippen molar-refractivity contribution in [3.05, 3.63) is 35.7 Å². The number of nitrogens with two attached hydrogens (primary N) is 2. The van der Waals surface area contributed by atoms with Crippen LogP contribution in [0.15, 0.2) is 35.7 Å². The van der Waals surface area contributed by atoms with E-state index in [-0.39, 0.29) is 5.54 Å². The SMILES string of the molecule is CN(C)C1(C)C=CC(N)=CC(N)=C1. The smallest absolute Gasteiger partial charge is 0.0568 e. The van der Waals surface area contributed by atoms with Crippen LogP contribution >= 0.6 is 0 Å². The average Bonchev–Trinajstić information content (AvgIpc) is 2.11. The Labute approximate surface area is 79.4 Å². The molecule has 0 amide bonds. The van der Waals surface area contributed by atoms with Gasteiger partial charge in [0.1, 0.15) is 0 Å². The molecule has 0 heterocycles. The lowest BCUT2D eigenvalue weighted by atomic mass is 10.00. The maximum atomic E-state index is 5.78. The standard InChI is InChI=1S/C10H17N3/c1-10(13(2)3)5-4-8(11)6-9(12)7-10/h4-7H,11-12H2,1-3H3. The summed E-state index contributed by atoms with van der Waals surface area (Å²) in [5, 5.41) is 0. The quantitative estimate of drug-likeness (QED) is 0.618. The van der Waals surface area contributed by atoms with E-state index in [9.17, 15) is 0 Å². The first-order valence-electron chi connectivity index (χ1n) is 4.26. The highest BCUT2D eigenvalue weighted by Crippen LogP contribution is 2.19. The molecule has 1 atom stereocenters. The van der Waals surface area contributed by atoms with Gasteiger partial charge in [0.05, 0.1) is 5.54 Å². The van der Waals surface area contributed by atoms with Crippen LogP contribution < -0.4 is 11.5 Å². The topological polar surface area (TPSA) is 55.3 Å². The summed E-state index contributed by atoms with van der Waals surface area (Å²) in [6.45, 7) is 2.09. The third-order valence-electron chi connectivity index (χ3n) is 2.37. The first-order chi connectivity index (χ1) is 5.94. The predicted octanol–water partition coefficient (Wildman–Crippen LogP) is 0.562. The van der Waals surface area contributed by atoms with Gasteiger partial charge in [0.15, 0.2) is 0 Å². The first kappa shape index (κ1) is 9.86. The summed E-state index contributed by atoms with van der Waals surface area (Å²) in [6, 6.07) is 0. The molecule has 3 nitrogen and oxygen atoms in total. The van der Waals surface area contributed by atoms with Crippen LogP contribution in [-0.4, -0.2) is 24.5 Å². The minimum absolute atomic E-state index is 0.151. The van der Waals surface area contributed by atoms with Crippen LogP contribution in [0.1, 0.15) is 6.92 Å². The molecule has 0 saturated heterocycles. The van der Waals surface area contributed by atoms with E-state index in [0.29, 0.717) is 11.4 Å². The number of likely N-dealkylation sites (N-methyl/N-ethyl adjacent to an activating group) is 1. The molecule has 0 aromatic heterocycles. The second-order valence-corrected chi connectivity index (χ2v) is 3.74. The van der Waals surface area contributed by atoms with Crippen molar-refractivity contribution in [2.75, 3.05) is 14.1 Å². The Hall–Kier alpha value is -1.22. The molecule has 0 radical (unpaired) electrons. The van der Waals surface area contributed by atoms with Crippen molar-refractivity contribution < 1.29 is 0 Å². The maximum absolute atomic E-state index is 5.78. The number of nitrogens with zero attached hydrogens (tertiary/aromatic N) is 1. The van der Waals surface area contributed by atoms with Crippen LogP contribution in [0.25, 0.3) is 0 Å². The normalized spacial score (nSPS) is 28.3. The van der Waals surface area contributed by atoms with Gasteiger partial charge in [0.2, 0.25) is 0 Å². The van der Waals surface area contributed by atoms with Crippen molar-refractivity contribution in [1.82, 2.24) is 4.90 Å². The van der Waals surface area contributed by atoms with E-state index < -0.39 is 0 Å². The van der Waals surface area contributed by atoms with Gasteiger partial charge in [-0.2, -0.15) is 0 Å². The fourth-order valence-corrected chi connectivity index (χ4v) is 1.21. The number of hydrogen-bond acceptors (Lipinski definition) is 3. The monoisotopic (exact) mass is 179 g/mol. The largest absolute Gasteiger partial charge is 0.399 e. The van der Waals surface area contributed by atoms with E-state index in [1.165, 1.54) is 0 Å². The summed E-state index contributed by atoms with van der Waals surface area (Å²) in [5.41, 5.74) is 12.7. The third kappa shape index (κ3) is 2.12. The molecule has 1 rings (SSSR count). The van der Waals surface area contributed by atoms with E-state index in [4.69, 9.17) is 11.5 Å². The highest BCUT2D eigenvalue weighted by atomic mass is 15.1. The predicted molar refractivity (Wildman–Crippen MR) is 55.8 cm³/mol. The number of rotatable bonds is 1. The molecule has 1 aliphatic rings. The van der Waals surface area contributed by atoms with Crippen molar-refractivity contribution >= 4 is 0 Å². The Morgan fingerprint density at radius 3 is 2.38 bits per heavy atom. The molecule has 0 aromatic rings. The zero-order valence-electron chi connectivity index (χ0n) is 8.41. The van der Waals surface area contributed by atoms with Crippen molar-refractivity contribution in [2.45, 2.75) is 12.5 Å². The second-order valence-electron chi connectivity index (χ2n) is 3.74. The zero-order valence-corrected chi connectivity index (χ0v) is 8.41. The molecule has 1 unspecified atom stereocenters. The van der Waals surface area contributed by atoms with Gasteiger partial charge in [-0.05, 0) is 39.2 Å². The lowest BCUT2D eigenvalue weighted by molar-refractivity contribution is 0.284. The molecule has 0 fully saturated rings. The average molecular weight is 179 g/mol. The molecular formula is C10H17N3. The second kappa shape index (κ2) is 3.26. The van der Waals surface area contributed by atoms with Gasteiger partial charge in [-0.1, -0.05) is 6.08 Å². The van der Waals surface area contributed by atoms with Crippen molar-refractivity contribution in [3.63, 3.8) is 0 Å². The highest BCUT2D eigenvalue weighted by molar-refractivity contribution is 5.36. The Morgan fingerprint density at radius 1 is 1.23 bits per heavy atom. The van der Waals surface area contributed by atoms with Gasteiger partial charge in [-0.15, -0.1) is 0 Å². The molecule has 1 aliphatic carbocycles. The number of hydrogen-bond donors (Lipinski definition) is 2. The van der Waals surface area contributed by atoms with Crippen LogP contribution in [0.2, 0.25) is 0 Å². The summed E-state index contributed by atoms with van der Waals surface area (Å²) in [5.74, 6) is 0. The molecule has 72 valence electrons. The molecule has 0 spiro atoms. The van der Waals surface area contributed by atoms with E-state index in [2.05, 4.69) is 11.8 Å². The Kier molecular flexibility index (Phi) is 2.48. The molecule has 0 saturated carbocycles. The van der Waals surface area contributed by atoms with E-state index in [0.717, 1.165) is 0 Å². The van der Waals surface area contributed by atoms with Crippen LogP contribution in [0.5, 0.6) is 0 Å². The zero-order chi connectivity index (χ0) is 10.1. The van der Waals surface area contributed by atoms with Gasteiger partial charge >= 0.3 is 0 Å². The molecular weight excluding hydrogens is 162 g/mol. The van der Waals surface area contributed by atoms with Crippen molar-refractivity contribution in [2.24, 2.45) is 11.5 Å².